The number of amides is 1. The van der Waals surface area contributed by atoms with E-state index in [9.17, 15) is 13.2 Å². The monoisotopic (exact) mass is 466 g/mol. The Labute approximate surface area is 177 Å². The Bertz CT molecular complexity index is 1010. The fourth-order valence-electron chi connectivity index (χ4n) is 2.33. The third kappa shape index (κ3) is 5.08. The van der Waals surface area contributed by atoms with Crippen molar-refractivity contribution in [3.05, 3.63) is 61.5 Å². The summed E-state index contributed by atoms with van der Waals surface area (Å²) in [5, 5.41) is 3.54. The minimum atomic E-state index is -3.84. The zero-order chi connectivity index (χ0) is 19.8. The molecule has 27 heavy (non-hydrogen) atoms. The summed E-state index contributed by atoms with van der Waals surface area (Å²) in [5.41, 5.74) is 0.657. The lowest BCUT2D eigenvalue weighted by Gasteiger charge is -2.12. The minimum Gasteiger partial charge on any atom is -0.348 e. The number of hydrogen-bond acceptors (Lipinski definition) is 3. The smallest absolute Gasteiger partial charge is 0.253 e. The van der Waals surface area contributed by atoms with Gasteiger partial charge in [0.25, 0.3) is 5.91 Å². The summed E-state index contributed by atoms with van der Waals surface area (Å²) in [7, 11) is -3.84. The molecule has 5 nitrogen and oxygen atoms in total. The van der Waals surface area contributed by atoms with E-state index < -0.39 is 15.9 Å². The highest BCUT2D eigenvalue weighted by Crippen LogP contribution is 2.31. The quantitative estimate of drug-likeness (QED) is 0.647. The molecule has 0 saturated heterocycles. The first-order valence-corrected chi connectivity index (χ1v) is 10.9. The Morgan fingerprint density at radius 3 is 2.33 bits per heavy atom. The standard InChI is InChI=1S/C17H14Cl4N2O3S/c18-10-2-1-9(13(19)5-10)8-22-17(24)12-6-16(15(21)7-14(12)20)27(25,26)23-11-3-4-11/h1-2,5-7,11,23H,3-4,8H2,(H,22,24). The molecule has 0 aromatic heterocycles. The first-order chi connectivity index (χ1) is 12.7. The maximum Gasteiger partial charge on any atom is 0.253 e. The van der Waals surface area contributed by atoms with E-state index in [1.165, 1.54) is 12.1 Å². The largest absolute Gasteiger partial charge is 0.348 e. The predicted octanol–water partition coefficient (Wildman–Crippen LogP) is 4.67. The Kier molecular flexibility index (Phi) is 6.25. The van der Waals surface area contributed by atoms with Gasteiger partial charge in [-0.05, 0) is 42.7 Å². The summed E-state index contributed by atoms with van der Waals surface area (Å²) in [4.78, 5) is 12.3. The van der Waals surface area contributed by atoms with E-state index >= 15 is 0 Å². The molecule has 2 aromatic rings. The number of hydrogen-bond donors (Lipinski definition) is 2. The van der Waals surface area contributed by atoms with E-state index in [2.05, 4.69) is 10.0 Å². The summed E-state index contributed by atoms with van der Waals surface area (Å²) >= 11 is 24.1. The van der Waals surface area contributed by atoms with E-state index in [0.29, 0.717) is 15.6 Å². The molecule has 1 aliphatic rings. The van der Waals surface area contributed by atoms with Crippen LogP contribution in [0.5, 0.6) is 0 Å². The predicted molar refractivity (Wildman–Crippen MR) is 107 cm³/mol. The van der Waals surface area contributed by atoms with Crippen LogP contribution in [0.4, 0.5) is 0 Å². The van der Waals surface area contributed by atoms with Crippen LogP contribution in [-0.4, -0.2) is 20.4 Å². The molecule has 0 heterocycles. The van der Waals surface area contributed by atoms with Crippen LogP contribution >= 0.6 is 46.4 Å². The molecule has 0 radical (unpaired) electrons. The van der Waals surface area contributed by atoms with Gasteiger partial charge in [0, 0.05) is 22.6 Å². The lowest BCUT2D eigenvalue weighted by atomic mass is 10.2. The topological polar surface area (TPSA) is 75.3 Å². The highest BCUT2D eigenvalue weighted by atomic mass is 35.5. The molecular weight excluding hydrogens is 454 g/mol. The first kappa shape index (κ1) is 20.7. The minimum absolute atomic E-state index is 0.00215. The fourth-order valence-corrected chi connectivity index (χ4v) is 4.97. The molecular formula is C17H14Cl4N2O3S. The van der Waals surface area contributed by atoms with Gasteiger partial charge < -0.3 is 5.32 Å². The van der Waals surface area contributed by atoms with Gasteiger partial charge in [-0.3, -0.25) is 4.79 Å². The molecule has 144 valence electrons. The molecule has 2 N–H and O–H groups in total. The third-order valence-electron chi connectivity index (χ3n) is 3.91. The third-order valence-corrected chi connectivity index (χ3v) is 6.79. The molecule has 2 aromatic carbocycles. The van der Waals surface area contributed by atoms with Gasteiger partial charge in [0.1, 0.15) is 4.90 Å². The van der Waals surface area contributed by atoms with Crippen LogP contribution in [0.25, 0.3) is 0 Å². The van der Waals surface area contributed by atoms with Crippen LogP contribution < -0.4 is 10.0 Å². The summed E-state index contributed by atoms with van der Waals surface area (Å²) in [6.07, 6.45) is 1.55. The molecule has 1 fully saturated rings. The summed E-state index contributed by atoms with van der Waals surface area (Å²) in [5.74, 6) is -0.550. The summed E-state index contributed by atoms with van der Waals surface area (Å²) in [6.45, 7) is 0.121. The van der Waals surface area contributed by atoms with Crippen molar-refractivity contribution in [1.29, 1.82) is 0 Å². The lowest BCUT2D eigenvalue weighted by Crippen LogP contribution is -2.27. The Hall–Kier alpha value is -1.02. The van der Waals surface area contributed by atoms with Crippen molar-refractivity contribution in [3.63, 3.8) is 0 Å². The van der Waals surface area contributed by atoms with Crippen LogP contribution in [0, 0.1) is 0 Å². The number of carbonyl (C=O) groups excluding carboxylic acids is 1. The molecule has 3 rings (SSSR count). The van der Waals surface area contributed by atoms with Crippen LogP contribution in [-0.2, 0) is 16.6 Å². The van der Waals surface area contributed by atoms with Crippen LogP contribution in [0.15, 0.2) is 35.2 Å². The molecule has 0 atom stereocenters. The number of rotatable bonds is 6. The molecule has 0 aliphatic heterocycles. The zero-order valence-corrected chi connectivity index (χ0v) is 17.6. The number of benzene rings is 2. The molecule has 0 bridgehead atoms. The highest BCUT2D eigenvalue weighted by molar-refractivity contribution is 7.89. The Morgan fingerprint density at radius 1 is 1.00 bits per heavy atom. The zero-order valence-electron chi connectivity index (χ0n) is 13.7. The molecule has 1 amide bonds. The van der Waals surface area contributed by atoms with E-state index in [-0.39, 0.29) is 33.1 Å². The van der Waals surface area contributed by atoms with Gasteiger partial charge >= 0.3 is 0 Å². The van der Waals surface area contributed by atoms with Gasteiger partial charge in [-0.25, -0.2) is 13.1 Å². The first-order valence-electron chi connectivity index (χ1n) is 7.91. The van der Waals surface area contributed by atoms with Crippen molar-refractivity contribution >= 4 is 62.3 Å². The van der Waals surface area contributed by atoms with Crippen molar-refractivity contribution in [2.45, 2.75) is 30.3 Å². The molecule has 10 heteroatoms. The van der Waals surface area contributed by atoms with E-state index in [1.807, 2.05) is 0 Å². The Balaban J connectivity index is 1.82. The maximum absolute atomic E-state index is 12.5. The van der Waals surface area contributed by atoms with Gasteiger partial charge in [0.15, 0.2) is 0 Å². The normalized spacial score (nSPS) is 14.2. The van der Waals surface area contributed by atoms with Gasteiger partial charge in [-0.15, -0.1) is 0 Å². The lowest BCUT2D eigenvalue weighted by molar-refractivity contribution is 0.0951. The van der Waals surface area contributed by atoms with Gasteiger partial charge in [-0.1, -0.05) is 52.5 Å². The van der Waals surface area contributed by atoms with Crippen molar-refractivity contribution in [3.8, 4) is 0 Å². The van der Waals surface area contributed by atoms with Gasteiger partial charge in [-0.2, -0.15) is 0 Å². The number of nitrogens with one attached hydrogen (secondary N) is 2. The highest BCUT2D eigenvalue weighted by Gasteiger charge is 2.30. The average molecular weight is 468 g/mol. The Morgan fingerprint density at radius 2 is 1.70 bits per heavy atom. The van der Waals surface area contributed by atoms with Crippen LogP contribution in [0.1, 0.15) is 28.8 Å². The van der Waals surface area contributed by atoms with Crippen LogP contribution in [0.3, 0.4) is 0 Å². The molecule has 1 aliphatic carbocycles. The van der Waals surface area contributed by atoms with Crippen molar-refractivity contribution in [2.75, 3.05) is 0 Å². The van der Waals surface area contributed by atoms with E-state index in [0.717, 1.165) is 12.8 Å². The SMILES string of the molecule is O=C(NCc1ccc(Cl)cc1Cl)c1cc(S(=O)(=O)NC2CC2)c(Cl)cc1Cl. The second-order valence-electron chi connectivity index (χ2n) is 6.08. The van der Waals surface area contributed by atoms with Gasteiger partial charge in [0.05, 0.1) is 15.6 Å². The maximum atomic E-state index is 12.5. The number of halogens is 4. The number of sulfonamides is 1. The summed E-state index contributed by atoms with van der Waals surface area (Å²) in [6, 6.07) is 7.23. The summed E-state index contributed by atoms with van der Waals surface area (Å²) < 4.78 is 27.4. The molecule has 0 unspecified atom stereocenters. The van der Waals surface area contributed by atoms with Crippen molar-refractivity contribution < 1.29 is 13.2 Å². The average Bonchev–Trinajstić information content (AvgIpc) is 3.36. The van der Waals surface area contributed by atoms with Crippen LogP contribution in [0.2, 0.25) is 20.1 Å². The van der Waals surface area contributed by atoms with E-state index in [4.69, 9.17) is 46.4 Å². The fraction of sp³-hybridized carbons (Fsp3) is 0.235. The van der Waals surface area contributed by atoms with Crippen molar-refractivity contribution in [2.24, 2.45) is 0 Å². The molecule has 1 saturated carbocycles. The van der Waals surface area contributed by atoms with Gasteiger partial charge in [0.2, 0.25) is 10.0 Å². The second kappa shape index (κ2) is 8.15. The van der Waals surface area contributed by atoms with E-state index in [1.54, 1.807) is 18.2 Å². The second-order valence-corrected chi connectivity index (χ2v) is 9.42. The number of carbonyl (C=O) groups is 1. The molecule has 0 spiro atoms. The van der Waals surface area contributed by atoms with Crippen molar-refractivity contribution in [1.82, 2.24) is 10.0 Å².